The molecule has 0 N–H and O–H groups in total. The van der Waals surface area contributed by atoms with Crippen molar-refractivity contribution in [2.24, 2.45) is 0 Å². The highest BCUT2D eigenvalue weighted by molar-refractivity contribution is 5.87. The van der Waals surface area contributed by atoms with E-state index in [0.717, 1.165) is 29.5 Å². The van der Waals surface area contributed by atoms with Crippen LogP contribution in [0.25, 0.3) is 0 Å². The molecule has 0 aromatic heterocycles. The van der Waals surface area contributed by atoms with E-state index in [4.69, 9.17) is 0 Å². The van der Waals surface area contributed by atoms with Crippen molar-refractivity contribution < 1.29 is 9.59 Å². The largest absolute Gasteiger partial charge is 0.341 e. The Bertz CT molecular complexity index is 1240. The van der Waals surface area contributed by atoms with Crippen LogP contribution in [-0.2, 0) is 22.6 Å². The molecule has 0 saturated heterocycles. The number of rotatable bonds is 13. The van der Waals surface area contributed by atoms with Crippen molar-refractivity contribution in [2.45, 2.75) is 38.6 Å². The van der Waals surface area contributed by atoms with E-state index in [0.29, 0.717) is 32.6 Å². The van der Waals surface area contributed by atoms with Crippen molar-refractivity contribution in [3.63, 3.8) is 0 Å². The van der Waals surface area contributed by atoms with Gasteiger partial charge in [0.25, 0.3) is 0 Å². The van der Waals surface area contributed by atoms with Crippen molar-refractivity contribution >= 4 is 11.8 Å². The second kappa shape index (κ2) is 14.7. The molecule has 4 rings (SSSR count). The normalized spacial score (nSPS) is 10.8. The van der Waals surface area contributed by atoms with E-state index in [9.17, 15) is 9.59 Å². The number of nitrogens with zero attached hydrogens (tertiary/aromatic N) is 2. The fourth-order valence-corrected chi connectivity index (χ4v) is 4.95. The highest BCUT2D eigenvalue weighted by Crippen LogP contribution is 2.27. The fraction of sp³-hybridized carbons (Fsp3) is 0.257. The van der Waals surface area contributed by atoms with Gasteiger partial charge >= 0.3 is 0 Å². The van der Waals surface area contributed by atoms with Crippen LogP contribution < -0.4 is 0 Å². The van der Waals surface area contributed by atoms with Gasteiger partial charge in [-0.05, 0) is 35.1 Å². The number of hydrogen-bond donors (Lipinski definition) is 0. The van der Waals surface area contributed by atoms with E-state index >= 15 is 0 Å². The SMILES string of the molecule is CCCN(CCC(=O)N(CCc1ccccc1)Cc1ccccc1)C(=O)C(c1ccccc1)c1ccccc1. The summed E-state index contributed by atoms with van der Waals surface area (Å²) in [5.74, 6) is -0.284. The lowest BCUT2D eigenvalue weighted by Crippen LogP contribution is -2.40. The summed E-state index contributed by atoms with van der Waals surface area (Å²) in [6, 6.07) is 40.2. The van der Waals surface area contributed by atoms with Crippen LogP contribution in [0.4, 0.5) is 0 Å². The maximum atomic E-state index is 14.0. The van der Waals surface area contributed by atoms with Gasteiger partial charge in [0.1, 0.15) is 0 Å². The molecule has 4 nitrogen and oxygen atoms in total. The van der Waals surface area contributed by atoms with Gasteiger partial charge in [-0.2, -0.15) is 0 Å². The third-order valence-corrected chi connectivity index (χ3v) is 7.00. The molecule has 200 valence electrons. The summed E-state index contributed by atoms with van der Waals surface area (Å²) in [4.78, 5) is 31.4. The predicted octanol–water partition coefficient (Wildman–Crippen LogP) is 6.72. The van der Waals surface area contributed by atoms with Crippen molar-refractivity contribution in [2.75, 3.05) is 19.6 Å². The average Bonchev–Trinajstić information content (AvgIpc) is 2.99. The summed E-state index contributed by atoms with van der Waals surface area (Å²) in [5, 5.41) is 0. The van der Waals surface area contributed by atoms with Crippen molar-refractivity contribution in [3.8, 4) is 0 Å². The van der Waals surface area contributed by atoms with Gasteiger partial charge in [-0.25, -0.2) is 0 Å². The maximum Gasteiger partial charge on any atom is 0.234 e. The molecule has 0 unspecified atom stereocenters. The third-order valence-electron chi connectivity index (χ3n) is 7.00. The molecule has 0 radical (unpaired) electrons. The maximum absolute atomic E-state index is 14.0. The van der Waals surface area contributed by atoms with E-state index < -0.39 is 5.92 Å². The average molecular weight is 519 g/mol. The molecule has 0 heterocycles. The van der Waals surface area contributed by atoms with Crippen LogP contribution in [-0.4, -0.2) is 41.2 Å². The zero-order valence-corrected chi connectivity index (χ0v) is 22.8. The number of carbonyl (C=O) groups is 2. The number of hydrogen-bond acceptors (Lipinski definition) is 2. The Balaban J connectivity index is 1.49. The Kier molecular flexibility index (Phi) is 10.5. The van der Waals surface area contributed by atoms with Crippen LogP contribution >= 0.6 is 0 Å². The summed E-state index contributed by atoms with van der Waals surface area (Å²) in [6.45, 7) is 4.29. The lowest BCUT2D eigenvalue weighted by Gasteiger charge is -2.29. The molecule has 0 bridgehead atoms. The second-order valence-corrected chi connectivity index (χ2v) is 9.87. The van der Waals surface area contributed by atoms with Crippen LogP contribution in [0.2, 0.25) is 0 Å². The molecule has 4 heteroatoms. The minimum Gasteiger partial charge on any atom is -0.341 e. The van der Waals surface area contributed by atoms with Crippen LogP contribution in [0.3, 0.4) is 0 Å². The standard InChI is InChI=1S/C35H38N2O2/c1-2-25-36(35(39)34(31-19-11-5-12-20-31)32-21-13-6-14-22-32)27-24-33(38)37(28-30-17-9-4-10-18-30)26-23-29-15-7-3-8-16-29/h3-22,34H,2,23-28H2,1H3. The first-order valence-electron chi connectivity index (χ1n) is 13.9. The van der Waals surface area contributed by atoms with E-state index in [1.165, 1.54) is 5.56 Å². The van der Waals surface area contributed by atoms with Crippen LogP contribution in [0.1, 0.15) is 47.9 Å². The topological polar surface area (TPSA) is 40.6 Å². The van der Waals surface area contributed by atoms with Crippen molar-refractivity contribution in [3.05, 3.63) is 144 Å². The summed E-state index contributed by atoms with van der Waals surface area (Å²) >= 11 is 0. The fourth-order valence-electron chi connectivity index (χ4n) is 4.95. The highest BCUT2D eigenvalue weighted by Gasteiger charge is 2.28. The zero-order valence-electron chi connectivity index (χ0n) is 22.8. The molecule has 39 heavy (non-hydrogen) atoms. The van der Waals surface area contributed by atoms with Gasteiger partial charge in [-0.3, -0.25) is 9.59 Å². The van der Waals surface area contributed by atoms with Gasteiger partial charge in [0.05, 0.1) is 5.92 Å². The molecule has 4 aromatic rings. The van der Waals surface area contributed by atoms with Gasteiger partial charge in [0.2, 0.25) is 11.8 Å². The highest BCUT2D eigenvalue weighted by atomic mass is 16.2. The van der Waals surface area contributed by atoms with Crippen molar-refractivity contribution in [1.29, 1.82) is 0 Å². The molecule has 0 spiro atoms. The smallest absolute Gasteiger partial charge is 0.234 e. The summed E-state index contributed by atoms with van der Waals surface area (Å²) < 4.78 is 0. The minimum absolute atomic E-state index is 0.0425. The molecule has 0 saturated carbocycles. The minimum atomic E-state index is -0.396. The summed E-state index contributed by atoms with van der Waals surface area (Å²) in [6.07, 6.45) is 1.92. The van der Waals surface area contributed by atoms with E-state index in [-0.39, 0.29) is 11.8 Å². The van der Waals surface area contributed by atoms with Gasteiger partial charge < -0.3 is 9.80 Å². The zero-order chi connectivity index (χ0) is 27.3. The Hall–Kier alpha value is -4.18. The van der Waals surface area contributed by atoms with Crippen LogP contribution in [0, 0.1) is 0 Å². The molecule has 0 fully saturated rings. The summed E-state index contributed by atoms with van der Waals surface area (Å²) in [7, 11) is 0. The van der Waals surface area contributed by atoms with Crippen LogP contribution in [0.15, 0.2) is 121 Å². The van der Waals surface area contributed by atoms with Gasteiger partial charge in [-0.15, -0.1) is 0 Å². The van der Waals surface area contributed by atoms with Crippen molar-refractivity contribution in [1.82, 2.24) is 9.80 Å². The van der Waals surface area contributed by atoms with Gasteiger partial charge in [0, 0.05) is 32.6 Å². The monoisotopic (exact) mass is 518 g/mol. The van der Waals surface area contributed by atoms with E-state index in [1.807, 2.05) is 107 Å². The molecule has 0 atom stereocenters. The third kappa shape index (κ3) is 8.15. The lowest BCUT2D eigenvalue weighted by molar-refractivity contribution is -0.135. The number of carbonyl (C=O) groups excluding carboxylic acids is 2. The molecule has 0 aliphatic heterocycles. The Morgan fingerprint density at radius 2 is 1.08 bits per heavy atom. The number of benzene rings is 4. The molecule has 0 aliphatic rings. The van der Waals surface area contributed by atoms with Crippen LogP contribution in [0.5, 0.6) is 0 Å². The first-order valence-corrected chi connectivity index (χ1v) is 13.9. The van der Waals surface area contributed by atoms with Gasteiger partial charge in [-0.1, -0.05) is 128 Å². The lowest BCUT2D eigenvalue weighted by atomic mass is 9.90. The quantitative estimate of drug-likeness (QED) is 0.197. The first kappa shape index (κ1) is 27.8. The molecular formula is C35H38N2O2. The molecule has 4 aromatic carbocycles. The summed E-state index contributed by atoms with van der Waals surface area (Å²) in [5.41, 5.74) is 4.25. The van der Waals surface area contributed by atoms with Gasteiger partial charge in [0.15, 0.2) is 0 Å². The van der Waals surface area contributed by atoms with E-state index in [1.54, 1.807) is 0 Å². The Morgan fingerprint density at radius 1 is 0.590 bits per heavy atom. The molecule has 0 aliphatic carbocycles. The van der Waals surface area contributed by atoms with E-state index in [2.05, 4.69) is 31.2 Å². The molecule has 2 amide bonds. The Labute approximate surface area is 232 Å². The Morgan fingerprint density at radius 3 is 1.59 bits per heavy atom. The number of amides is 2. The predicted molar refractivity (Wildman–Crippen MR) is 158 cm³/mol. The first-order chi connectivity index (χ1) is 19.2. The second-order valence-electron chi connectivity index (χ2n) is 9.87. The molecular weight excluding hydrogens is 480 g/mol.